The van der Waals surface area contributed by atoms with Crippen molar-refractivity contribution in [2.45, 2.75) is 35.7 Å². The maximum absolute atomic E-state index is 11.4. The first-order valence-corrected chi connectivity index (χ1v) is 7.94. The molecular formula is C10H14Cl3NO4S. The molecule has 0 aromatic carbocycles. The van der Waals surface area contributed by atoms with Crippen LogP contribution in [-0.4, -0.2) is 39.7 Å². The fourth-order valence-corrected chi connectivity index (χ4v) is 2.83. The van der Waals surface area contributed by atoms with Crippen molar-refractivity contribution in [3.8, 4) is 0 Å². The van der Waals surface area contributed by atoms with Gasteiger partial charge in [-0.05, 0) is 12.7 Å². The van der Waals surface area contributed by atoms with Crippen molar-refractivity contribution in [1.82, 2.24) is 5.32 Å². The summed E-state index contributed by atoms with van der Waals surface area (Å²) in [4.78, 5) is 21.8. The standard InChI is InChI=1S/C10H14Cl3NO4S/c1-3-19-9-5(8(15)14-9)4(2)17-10(16)18-7(13)6(11)12/h4-7,9H,3H2,1-2H3,(H,14,15). The molecule has 0 aromatic heterocycles. The molecule has 0 saturated carbocycles. The summed E-state index contributed by atoms with van der Waals surface area (Å²) in [7, 11) is 0. The van der Waals surface area contributed by atoms with Crippen LogP contribution in [0.25, 0.3) is 0 Å². The lowest BCUT2D eigenvalue weighted by molar-refractivity contribution is -0.137. The van der Waals surface area contributed by atoms with Gasteiger partial charge in [0.05, 0.1) is 5.37 Å². The zero-order valence-electron chi connectivity index (χ0n) is 10.3. The van der Waals surface area contributed by atoms with Gasteiger partial charge in [0.1, 0.15) is 12.0 Å². The summed E-state index contributed by atoms with van der Waals surface area (Å²) in [5, 5.41) is 2.68. The monoisotopic (exact) mass is 349 g/mol. The van der Waals surface area contributed by atoms with Crippen LogP contribution in [0.5, 0.6) is 0 Å². The van der Waals surface area contributed by atoms with Gasteiger partial charge in [-0.3, -0.25) is 4.79 Å². The summed E-state index contributed by atoms with van der Waals surface area (Å²) in [6.07, 6.45) is -1.61. The lowest BCUT2D eigenvalue weighted by Gasteiger charge is -2.38. The molecule has 4 atom stereocenters. The smallest absolute Gasteiger partial charge is 0.430 e. The number of rotatable bonds is 6. The molecule has 0 bridgehead atoms. The first-order valence-electron chi connectivity index (χ1n) is 5.58. The van der Waals surface area contributed by atoms with E-state index in [-0.39, 0.29) is 11.3 Å². The molecule has 0 spiro atoms. The molecule has 1 amide bonds. The minimum atomic E-state index is -1.20. The topological polar surface area (TPSA) is 64.6 Å². The van der Waals surface area contributed by atoms with Gasteiger partial charge in [-0.15, -0.1) is 11.8 Å². The second-order valence-electron chi connectivity index (χ2n) is 3.79. The van der Waals surface area contributed by atoms with E-state index in [0.717, 1.165) is 5.75 Å². The molecule has 9 heteroatoms. The van der Waals surface area contributed by atoms with Crippen LogP contribution < -0.4 is 5.32 Å². The van der Waals surface area contributed by atoms with Crippen LogP contribution >= 0.6 is 46.6 Å². The Hall–Kier alpha value is -0.0400. The van der Waals surface area contributed by atoms with E-state index in [2.05, 4.69) is 10.1 Å². The number of amides is 1. The van der Waals surface area contributed by atoms with E-state index in [9.17, 15) is 9.59 Å². The molecule has 1 heterocycles. The Bertz CT molecular complexity index is 345. The van der Waals surface area contributed by atoms with Crippen molar-refractivity contribution in [3.05, 3.63) is 0 Å². The summed E-state index contributed by atoms with van der Waals surface area (Å²) >= 11 is 18.0. The molecule has 1 aliphatic heterocycles. The predicted molar refractivity (Wildman–Crippen MR) is 75.7 cm³/mol. The van der Waals surface area contributed by atoms with Crippen molar-refractivity contribution < 1.29 is 19.1 Å². The minimum Gasteiger partial charge on any atom is -0.430 e. The fourth-order valence-electron chi connectivity index (χ4n) is 1.55. The van der Waals surface area contributed by atoms with Crippen LogP contribution in [0, 0.1) is 5.92 Å². The summed E-state index contributed by atoms with van der Waals surface area (Å²) < 4.78 is 9.62. The van der Waals surface area contributed by atoms with Gasteiger partial charge >= 0.3 is 6.16 Å². The van der Waals surface area contributed by atoms with Gasteiger partial charge in [0.15, 0.2) is 4.84 Å². The fraction of sp³-hybridized carbons (Fsp3) is 0.800. The Morgan fingerprint density at radius 2 is 2.05 bits per heavy atom. The van der Waals surface area contributed by atoms with Gasteiger partial charge in [-0.2, -0.15) is 0 Å². The summed E-state index contributed by atoms with van der Waals surface area (Å²) in [6, 6.07) is 0. The number of hydrogen-bond donors (Lipinski definition) is 1. The zero-order chi connectivity index (χ0) is 14.6. The number of β-lactam (4-membered cyclic amide) rings is 1. The molecule has 19 heavy (non-hydrogen) atoms. The Labute approximate surface area is 130 Å². The Kier molecular flexibility index (Phi) is 6.86. The maximum Gasteiger partial charge on any atom is 0.510 e. The maximum atomic E-state index is 11.4. The van der Waals surface area contributed by atoms with Crippen molar-refractivity contribution in [2.75, 3.05) is 5.75 Å². The van der Waals surface area contributed by atoms with E-state index >= 15 is 0 Å². The molecule has 1 N–H and O–H groups in total. The second kappa shape index (κ2) is 7.67. The van der Waals surface area contributed by atoms with Crippen LogP contribution in [0.15, 0.2) is 0 Å². The highest BCUT2D eigenvalue weighted by Crippen LogP contribution is 2.30. The summed E-state index contributed by atoms with van der Waals surface area (Å²) in [5.74, 6) is 0.304. The summed E-state index contributed by atoms with van der Waals surface area (Å²) in [6.45, 7) is 3.60. The number of ether oxygens (including phenoxy) is 2. The van der Waals surface area contributed by atoms with Crippen LogP contribution in [0.3, 0.4) is 0 Å². The SMILES string of the molecule is CCSC1NC(=O)C1C(C)OC(=O)OC(Cl)C(Cl)Cl. The molecular weight excluding hydrogens is 337 g/mol. The van der Waals surface area contributed by atoms with E-state index in [1.165, 1.54) is 0 Å². The highest BCUT2D eigenvalue weighted by Gasteiger charge is 2.45. The third kappa shape index (κ3) is 4.77. The predicted octanol–water partition coefficient (Wildman–Crippen LogP) is 2.72. The van der Waals surface area contributed by atoms with Crippen LogP contribution in [0.4, 0.5) is 4.79 Å². The van der Waals surface area contributed by atoms with Gasteiger partial charge in [0, 0.05) is 0 Å². The normalized spacial score (nSPS) is 25.3. The lowest BCUT2D eigenvalue weighted by Crippen LogP contribution is -2.60. The molecule has 1 aliphatic rings. The Balaban J connectivity index is 2.43. The van der Waals surface area contributed by atoms with E-state index in [1.807, 2.05) is 6.92 Å². The molecule has 1 fully saturated rings. The highest BCUT2D eigenvalue weighted by atomic mass is 35.5. The Morgan fingerprint density at radius 3 is 2.53 bits per heavy atom. The lowest BCUT2D eigenvalue weighted by atomic mass is 9.96. The average molecular weight is 351 g/mol. The molecule has 0 radical (unpaired) electrons. The van der Waals surface area contributed by atoms with Crippen LogP contribution in [-0.2, 0) is 14.3 Å². The van der Waals surface area contributed by atoms with Gasteiger partial charge in [0.2, 0.25) is 11.5 Å². The number of alkyl halides is 3. The van der Waals surface area contributed by atoms with Crippen LogP contribution in [0.2, 0.25) is 0 Å². The molecule has 4 unspecified atom stereocenters. The van der Waals surface area contributed by atoms with E-state index in [1.54, 1.807) is 18.7 Å². The quantitative estimate of drug-likeness (QED) is 0.453. The summed E-state index contributed by atoms with van der Waals surface area (Å²) in [5.41, 5.74) is -1.20. The molecule has 5 nitrogen and oxygen atoms in total. The van der Waals surface area contributed by atoms with Gasteiger partial charge in [-0.25, -0.2) is 4.79 Å². The second-order valence-corrected chi connectivity index (χ2v) is 6.80. The van der Waals surface area contributed by atoms with Gasteiger partial charge < -0.3 is 14.8 Å². The van der Waals surface area contributed by atoms with Gasteiger partial charge in [0.25, 0.3) is 0 Å². The minimum absolute atomic E-state index is 0.0547. The van der Waals surface area contributed by atoms with E-state index < -0.39 is 28.6 Å². The highest BCUT2D eigenvalue weighted by molar-refractivity contribution is 8.00. The van der Waals surface area contributed by atoms with Crippen molar-refractivity contribution in [3.63, 3.8) is 0 Å². The molecule has 0 aliphatic carbocycles. The van der Waals surface area contributed by atoms with Gasteiger partial charge in [-0.1, -0.05) is 41.7 Å². The number of carbonyl (C=O) groups excluding carboxylic acids is 2. The third-order valence-corrected chi connectivity index (χ3v) is 4.61. The largest absolute Gasteiger partial charge is 0.510 e. The number of thioether (sulfide) groups is 1. The number of nitrogens with one attached hydrogen (secondary N) is 1. The van der Waals surface area contributed by atoms with Crippen LogP contribution in [0.1, 0.15) is 13.8 Å². The van der Waals surface area contributed by atoms with Crippen molar-refractivity contribution >= 4 is 58.6 Å². The first-order chi connectivity index (χ1) is 8.86. The molecule has 1 rings (SSSR count). The van der Waals surface area contributed by atoms with E-state index in [0.29, 0.717) is 0 Å². The Morgan fingerprint density at radius 1 is 1.42 bits per heavy atom. The van der Waals surface area contributed by atoms with Crippen molar-refractivity contribution in [1.29, 1.82) is 0 Å². The van der Waals surface area contributed by atoms with E-state index in [4.69, 9.17) is 39.5 Å². The number of carbonyl (C=O) groups is 2. The first kappa shape index (κ1) is 17.0. The van der Waals surface area contributed by atoms with Crippen molar-refractivity contribution in [2.24, 2.45) is 5.92 Å². The third-order valence-electron chi connectivity index (χ3n) is 2.45. The molecule has 1 saturated heterocycles. The number of hydrogen-bond acceptors (Lipinski definition) is 5. The molecule has 0 aromatic rings. The number of halogens is 3. The zero-order valence-corrected chi connectivity index (χ0v) is 13.4. The average Bonchev–Trinajstić information content (AvgIpc) is 2.27. The molecule has 110 valence electrons.